The van der Waals surface area contributed by atoms with Crippen molar-refractivity contribution in [2.45, 2.75) is 70.6 Å². The van der Waals surface area contributed by atoms with Gasteiger partial charge in [0.2, 0.25) is 0 Å². The highest BCUT2D eigenvalue weighted by Gasteiger charge is 2.33. The van der Waals surface area contributed by atoms with Crippen LogP contribution < -0.4 is 5.84 Å². The quantitative estimate of drug-likeness (QED) is 0.230. The van der Waals surface area contributed by atoms with Crippen molar-refractivity contribution in [2.75, 3.05) is 13.1 Å². The Balaban J connectivity index is 2.02. The lowest BCUT2D eigenvalue weighted by atomic mass is 10.1. The number of nitrogens with two attached hydrogens (primary N) is 1. The van der Waals surface area contributed by atoms with Gasteiger partial charge in [0.15, 0.2) is 0 Å². The van der Waals surface area contributed by atoms with Crippen LogP contribution in [0.25, 0.3) is 0 Å². The number of rotatable bonds is 9. The van der Waals surface area contributed by atoms with Crippen LogP contribution in [0.3, 0.4) is 0 Å². The summed E-state index contributed by atoms with van der Waals surface area (Å²) < 4.78 is 0.180. The largest absolute Gasteiger partial charge is 0.332 e. The molecule has 0 spiro atoms. The number of carbonyl (C=O) groups excluding carboxylic acids is 2. The van der Waals surface area contributed by atoms with Gasteiger partial charge < -0.3 is 4.79 Å². The Morgan fingerprint density at radius 1 is 0.947 bits per heavy atom. The maximum absolute atomic E-state index is 12.1. The second-order valence-electron chi connectivity index (χ2n) is 5.76. The van der Waals surface area contributed by atoms with Crippen LogP contribution in [0.4, 0.5) is 0 Å². The van der Waals surface area contributed by atoms with Crippen LogP contribution in [-0.2, 0) is 9.59 Å². The molecule has 1 aliphatic heterocycles. The summed E-state index contributed by atoms with van der Waals surface area (Å²) in [6.07, 6.45) is 12.2. The average Bonchev–Trinajstić information content (AvgIpc) is 2.42. The number of carbonyl (C=O) groups is 2. The highest BCUT2D eigenvalue weighted by molar-refractivity contribution is 5.68. The van der Waals surface area contributed by atoms with E-state index in [0.29, 0.717) is 12.8 Å². The van der Waals surface area contributed by atoms with E-state index in [2.05, 4.69) is 0 Å². The second-order valence-corrected chi connectivity index (χ2v) is 5.76. The molecule has 4 nitrogen and oxygen atoms in total. The maximum Gasteiger partial charge on any atom is 0.332 e. The van der Waals surface area contributed by atoms with Gasteiger partial charge in [-0.15, -0.1) is 0 Å². The molecule has 0 aromatic rings. The maximum atomic E-state index is 12.1. The highest BCUT2D eigenvalue weighted by atomic mass is 16.2. The average molecular weight is 269 g/mol. The van der Waals surface area contributed by atoms with Gasteiger partial charge in [0, 0.05) is 6.42 Å². The predicted octanol–water partition coefficient (Wildman–Crippen LogP) is 2.71. The first-order valence-electron chi connectivity index (χ1n) is 7.82. The summed E-state index contributed by atoms with van der Waals surface area (Å²) >= 11 is 0. The first-order valence-corrected chi connectivity index (χ1v) is 7.82. The van der Waals surface area contributed by atoms with Crippen LogP contribution in [0, 0.1) is 0 Å². The van der Waals surface area contributed by atoms with Gasteiger partial charge in [0.25, 0.3) is 0 Å². The third-order valence-corrected chi connectivity index (χ3v) is 4.07. The van der Waals surface area contributed by atoms with Crippen LogP contribution in [0.1, 0.15) is 70.6 Å². The first kappa shape index (κ1) is 16.3. The lowest BCUT2D eigenvalue weighted by Crippen LogP contribution is -2.61. The fraction of sp³-hybridized carbons (Fsp3) is 0.867. The monoisotopic (exact) mass is 269 g/mol. The van der Waals surface area contributed by atoms with Crippen LogP contribution in [-0.4, -0.2) is 29.9 Å². The number of amides is 1. The number of likely N-dealkylation sites (tertiary alicyclic amines) is 1. The molecular weight excluding hydrogens is 240 g/mol. The molecule has 0 atom stereocenters. The number of quaternary nitrogens is 1. The Morgan fingerprint density at radius 3 is 2.16 bits per heavy atom. The van der Waals surface area contributed by atoms with E-state index in [0.717, 1.165) is 64.3 Å². The molecule has 1 aliphatic rings. The summed E-state index contributed by atoms with van der Waals surface area (Å²) in [4.78, 5) is 22.2. The van der Waals surface area contributed by atoms with Gasteiger partial charge in [0.1, 0.15) is 19.4 Å². The molecular formula is C15H29N2O2+. The number of aldehydes is 1. The highest BCUT2D eigenvalue weighted by Crippen LogP contribution is 2.17. The van der Waals surface area contributed by atoms with Gasteiger partial charge in [-0.25, -0.2) is 4.79 Å². The van der Waals surface area contributed by atoms with E-state index in [-0.39, 0.29) is 10.5 Å². The van der Waals surface area contributed by atoms with E-state index in [1.54, 1.807) is 0 Å². The van der Waals surface area contributed by atoms with Crippen molar-refractivity contribution in [3.05, 3.63) is 0 Å². The molecule has 0 aromatic heterocycles. The van der Waals surface area contributed by atoms with E-state index in [1.165, 1.54) is 12.8 Å². The minimum Gasteiger partial charge on any atom is -0.303 e. The second kappa shape index (κ2) is 9.21. The Hall–Kier alpha value is -0.740. The number of hydrogen-bond acceptors (Lipinski definition) is 3. The van der Waals surface area contributed by atoms with Gasteiger partial charge in [-0.05, 0) is 32.1 Å². The van der Waals surface area contributed by atoms with Crippen molar-refractivity contribution in [2.24, 2.45) is 5.84 Å². The summed E-state index contributed by atoms with van der Waals surface area (Å²) in [6, 6.07) is 0. The topological polar surface area (TPSA) is 60.2 Å². The molecule has 19 heavy (non-hydrogen) atoms. The Morgan fingerprint density at radius 2 is 1.53 bits per heavy atom. The molecule has 4 heteroatoms. The Labute approximate surface area is 116 Å². The summed E-state index contributed by atoms with van der Waals surface area (Å²) in [7, 11) is 0. The summed E-state index contributed by atoms with van der Waals surface area (Å²) in [6.45, 7) is 1.65. The van der Waals surface area contributed by atoms with E-state index in [4.69, 9.17) is 5.84 Å². The number of piperidine rings is 1. The van der Waals surface area contributed by atoms with Crippen molar-refractivity contribution < 1.29 is 14.2 Å². The summed E-state index contributed by atoms with van der Waals surface area (Å²) in [5, 5.41) is 0. The van der Waals surface area contributed by atoms with Crippen molar-refractivity contribution in [1.82, 2.24) is 0 Å². The smallest absolute Gasteiger partial charge is 0.303 e. The molecule has 1 fully saturated rings. The third-order valence-electron chi connectivity index (χ3n) is 4.07. The van der Waals surface area contributed by atoms with Crippen LogP contribution in [0.15, 0.2) is 0 Å². The molecule has 0 aromatic carbocycles. The molecule has 0 saturated carbocycles. The first-order chi connectivity index (χ1) is 9.19. The zero-order valence-corrected chi connectivity index (χ0v) is 12.1. The number of hydrogen-bond donors (Lipinski definition) is 1. The van der Waals surface area contributed by atoms with Crippen molar-refractivity contribution >= 4 is 12.2 Å². The van der Waals surface area contributed by atoms with Crippen molar-refractivity contribution in [3.63, 3.8) is 0 Å². The number of nitrogens with zero attached hydrogens (tertiary/aromatic N) is 1. The third kappa shape index (κ3) is 6.30. The zero-order valence-electron chi connectivity index (χ0n) is 12.1. The molecule has 0 aliphatic carbocycles. The van der Waals surface area contributed by atoms with Gasteiger partial charge in [-0.3, -0.25) is 0 Å². The van der Waals surface area contributed by atoms with E-state index in [9.17, 15) is 9.59 Å². The fourth-order valence-electron chi connectivity index (χ4n) is 2.76. The number of unbranched alkanes of at least 4 members (excludes halogenated alkanes) is 6. The van der Waals surface area contributed by atoms with E-state index >= 15 is 0 Å². The van der Waals surface area contributed by atoms with Gasteiger partial charge in [-0.2, -0.15) is 10.4 Å². The molecule has 0 bridgehead atoms. The van der Waals surface area contributed by atoms with Crippen LogP contribution in [0.2, 0.25) is 0 Å². The minimum atomic E-state index is 0.180. The van der Waals surface area contributed by atoms with Crippen LogP contribution >= 0.6 is 0 Å². The normalized spacial score (nSPS) is 18.2. The fourth-order valence-corrected chi connectivity index (χ4v) is 2.76. The van der Waals surface area contributed by atoms with Crippen LogP contribution in [0.5, 0.6) is 0 Å². The standard InChI is InChI=1S/C15H29N2O2/c16-17(12-8-6-9-13-17)15(19)11-7-4-2-1-3-5-10-14-18/h14H,1-13,16H2/q+1. The molecule has 1 amide bonds. The van der Waals surface area contributed by atoms with Crippen molar-refractivity contribution in [3.8, 4) is 0 Å². The van der Waals surface area contributed by atoms with Gasteiger partial charge >= 0.3 is 5.91 Å². The molecule has 1 saturated heterocycles. The zero-order chi connectivity index (χ0) is 14.0. The molecule has 1 rings (SSSR count). The predicted molar refractivity (Wildman–Crippen MR) is 76.0 cm³/mol. The molecule has 1 heterocycles. The Kier molecular flexibility index (Phi) is 7.91. The van der Waals surface area contributed by atoms with E-state index < -0.39 is 0 Å². The minimum absolute atomic E-state index is 0.180. The summed E-state index contributed by atoms with van der Waals surface area (Å²) in [5.74, 6) is 6.38. The molecule has 110 valence electrons. The lowest BCUT2D eigenvalue weighted by molar-refractivity contribution is -0.871. The molecule has 0 radical (unpaired) electrons. The van der Waals surface area contributed by atoms with E-state index in [1.807, 2.05) is 0 Å². The molecule has 0 unspecified atom stereocenters. The lowest BCUT2D eigenvalue weighted by Gasteiger charge is -2.33. The molecule has 2 N–H and O–H groups in total. The Bertz CT molecular complexity index is 273. The van der Waals surface area contributed by atoms with Gasteiger partial charge in [-0.1, -0.05) is 25.7 Å². The SMILES string of the molecule is N[N+]1(C(=O)CCCCCCCCC=O)CCCCC1. The van der Waals surface area contributed by atoms with Gasteiger partial charge in [0.05, 0.1) is 6.42 Å². The van der Waals surface area contributed by atoms with Crippen molar-refractivity contribution in [1.29, 1.82) is 0 Å². The summed E-state index contributed by atoms with van der Waals surface area (Å²) in [5.41, 5.74) is 0.